The van der Waals surface area contributed by atoms with E-state index in [1.165, 1.54) is 0 Å². The van der Waals surface area contributed by atoms with E-state index in [0.29, 0.717) is 0 Å². The highest BCUT2D eigenvalue weighted by Gasteiger charge is 2.25. The zero-order valence-corrected chi connectivity index (χ0v) is 10.7. The first-order chi connectivity index (χ1) is 6.93. The first-order valence-electron chi connectivity index (χ1n) is 6.06. The van der Waals surface area contributed by atoms with Crippen molar-refractivity contribution in [2.24, 2.45) is 5.41 Å². The number of β-amino-alcohol motifs (C(OH)–C–C–N with tert-alkyl or cyclic N) is 1. The lowest BCUT2D eigenvalue weighted by atomic mass is 9.89. The lowest BCUT2D eigenvalue weighted by Gasteiger charge is -2.37. The molecule has 3 nitrogen and oxygen atoms in total. The largest absolute Gasteiger partial charge is 0.391 e. The monoisotopic (exact) mass is 214 g/mol. The SMILES string of the molecule is CCN1CCN(CC(O)C(C)(C)C)CC1. The van der Waals surface area contributed by atoms with Gasteiger partial charge in [0.05, 0.1) is 6.10 Å². The molecule has 1 fully saturated rings. The van der Waals surface area contributed by atoms with Crippen molar-refractivity contribution in [1.82, 2.24) is 9.80 Å². The molecule has 1 heterocycles. The van der Waals surface area contributed by atoms with Gasteiger partial charge in [0.1, 0.15) is 0 Å². The number of nitrogens with zero attached hydrogens (tertiary/aromatic N) is 2. The van der Waals surface area contributed by atoms with Gasteiger partial charge in [-0.1, -0.05) is 27.7 Å². The van der Waals surface area contributed by atoms with Gasteiger partial charge in [0, 0.05) is 32.7 Å². The van der Waals surface area contributed by atoms with E-state index in [0.717, 1.165) is 39.3 Å². The molecule has 15 heavy (non-hydrogen) atoms. The third-order valence-electron chi connectivity index (χ3n) is 3.34. The molecule has 0 spiro atoms. The Morgan fingerprint density at radius 1 is 1.07 bits per heavy atom. The van der Waals surface area contributed by atoms with E-state index in [1.807, 2.05) is 0 Å². The van der Waals surface area contributed by atoms with Crippen LogP contribution in [0.5, 0.6) is 0 Å². The summed E-state index contributed by atoms with van der Waals surface area (Å²) in [6, 6.07) is 0. The second-order valence-corrected chi connectivity index (χ2v) is 5.62. The molecule has 0 aromatic heterocycles. The van der Waals surface area contributed by atoms with Crippen LogP contribution in [-0.4, -0.2) is 60.3 Å². The lowest BCUT2D eigenvalue weighted by molar-refractivity contribution is 0.0141. The van der Waals surface area contributed by atoms with Gasteiger partial charge in [-0.15, -0.1) is 0 Å². The van der Waals surface area contributed by atoms with Crippen molar-refractivity contribution in [2.45, 2.75) is 33.8 Å². The van der Waals surface area contributed by atoms with Crippen LogP contribution in [0.1, 0.15) is 27.7 Å². The quantitative estimate of drug-likeness (QED) is 0.760. The van der Waals surface area contributed by atoms with Crippen molar-refractivity contribution in [1.29, 1.82) is 0 Å². The summed E-state index contributed by atoms with van der Waals surface area (Å²) in [4.78, 5) is 4.84. The first kappa shape index (κ1) is 12.9. The Morgan fingerprint density at radius 3 is 1.93 bits per heavy atom. The molecular formula is C12H26N2O. The Morgan fingerprint density at radius 2 is 1.53 bits per heavy atom. The van der Waals surface area contributed by atoms with E-state index >= 15 is 0 Å². The first-order valence-corrected chi connectivity index (χ1v) is 6.06. The second-order valence-electron chi connectivity index (χ2n) is 5.62. The number of piperazine rings is 1. The Kier molecular flexibility index (Phi) is 4.56. The van der Waals surface area contributed by atoms with Crippen molar-refractivity contribution < 1.29 is 5.11 Å². The Labute approximate surface area is 94.1 Å². The fourth-order valence-corrected chi connectivity index (χ4v) is 1.81. The third-order valence-corrected chi connectivity index (χ3v) is 3.34. The van der Waals surface area contributed by atoms with Crippen molar-refractivity contribution in [3.8, 4) is 0 Å². The number of aliphatic hydroxyl groups is 1. The minimum absolute atomic E-state index is 0.00188. The molecule has 1 aliphatic heterocycles. The Balaban J connectivity index is 2.29. The maximum absolute atomic E-state index is 10.0. The van der Waals surface area contributed by atoms with E-state index < -0.39 is 0 Å². The molecule has 0 aliphatic carbocycles. The van der Waals surface area contributed by atoms with Crippen LogP contribution in [0.3, 0.4) is 0 Å². The molecule has 0 amide bonds. The lowest BCUT2D eigenvalue weighted by Crippen LogP contribution is -2.50. The molecule has 1 saturated heterocycles. The van der Waals surface area contributed by atoms with Crippen LogP contribution < -0.4 is 0 Å². The van der Waals surface area contributed by atoms with Gasteiger partial charge in [-0.05, 0) is 12.0 Å². The molecule has 1 N–H and O–H groups in total. The highest BCUT2D eigenvalue weighted by molar-refractivity contribution is 4.79. The molecule has 3 heteroatoms. The smallest absolute Gasteiger partial charge is 0.0715 e. The summed E-state index contributed by atoms with van der Waals surface area (Å²) >= 11 is 0. The molecule has 0 radical (unpaired) electrons. The topological polar surface area (TPSA) is 26.7 Å². The molecule has 0 saturated carbocycles. The van der Waals surface area contributed by atoms with Gasteiger partial charge in [0.2, 0.25) is 0 Å². The number of likely N-dealkylation sites (N-methyl/N-ethyl adjacent to an activating group) is 1. The van der Waals surface area contributed by atoms with E-state index in [4.69, 9.17) is 0 Å². The molecule has 1 unspecified atom stereocenters. The molecule has 1 aliphatic rings. The molecule has 1 atom stereocenters. The van der Waals surface area contributed by atoms with Crippen LogP contribution in [-0.2, 0) is 0 Å². The standard InChI is InChI=1S/C12H26N2O/c1-5-13-6-8-14(9-7-13)10-11(15)12(2,3)4/h11,15H,5-10H2,1-4H3. The third kappa shape index (κ3) is 4.09. The summed E-state index contributed by atoms with van der Waals surface area (Å²) in [5, 5.41) is 10.0. The number of hydrogen-bond donors (Lipinski definition) is 1. The minimum atomic E-state index is -0.217. The van der Waals surface area contributed by atoms with Gasteiger partial charge in [-0.2, -0.15) is 0 Å². The maximum atomic E-state index is 10.0. The highest BCUT2D eigenvalue weighted by Crippen LogP contribution is 2.20. The van der Waals surface area contributed by atoms with Crippen LogP contribution in [0.2, 0.25) is 0 Å². The average molecular weight is 214 g/mol. The van der Waals surface area contributed by atoms with Gasteiger partial charge < -0.3 is 10.0 Å². The second kappa shape index (κ2) is 5.28. The van der Waals surface area contributed by atoms with Crippen molar-refractivity contribution in [2.75, 3.05) is 39.3 Å². The number of hydrogen-bond acceptors (Lipinski definition) is 3. The van der Waals surface area contributed by atoms with Crippen LogP contribution in [0.25, 0.3) is 0 Å². The van der Waals surface area contributed by atoms with Gasteiger partial charge >= 0.3 is 0 Å². The minimum Gasteiger partial charge on any atom is -0.391 e. The summed E-state index contributed by atoms with van der Waals surface area (Å²) in [6.07, 6.45) is -0.217. The van der Waals surface area contributed by atoms with Gasteiger partial charge in [0.25, 0.3) is 0 Å². The van der Waals surface area contributed by atoms with E-state index in [1.54, 1.807) is 0 Å². The molecule has 1 rings (SSSR count). The predicted octanol–water partition coefficient (Wildman–Crippen LogP) is 1.03. The zero-order chi connectivity index (χ0) is 11.5. The summed E-state index contributed by atoms with van der Waals surface area (Å²) < 4.78 is 0. The van der Waals surface area contributed by atoms with Crippen molar-refractivity contribution in [3.05, 3.63) is 0 Å². The van der Waals surface area contributed by atoms with E-state index in [2.05, 4.69) is 37.5 Å². The summed E-state index contributed by atoms with van der Waals surface area (Å²) in [5.41, 5.74) is 0.00188. The van der Waals surface area contributed by atoms with Gasteiger partial charge in [-0.3, -0.25) is 4.90 Å². The normalized spacial score (nSPS) is 23.0. The Bertz CT molecular complexity index is 181. The summed E-state index contributed by atoms with van der Waals surface area (Å²) in [6.45, 7) is 15.0. The Hall–Kier alpha value is -0.120. The van der Waals surface area contributed by atoms with E-state index in [9.17, 15) is 5.11 Å². The van der Waals surface area contributed by atoms with E-state index in [-0.39, 0.29) is 11.5 Å². The predicted molar refractivity (Wildman–Crippen MR) is 64.0 cm³/mol. The van der Waals surface area contributed by atoms with Crippen LogP contribution in [0.15, 0.2) is 0 Å². The molecular weight excluding hydrogens is 188 g/mol. The van der Waals surface area contributed by atoms with Crippen LogP contribution in [0.4, 0.5) is 0 Å². The summed E-state index contributed by atoms with van der Waals surface area (Å²) in [5.74, 6) is 0. The average Bonchev–Trinajstić information content (AvgIpc) is 2.17. The molecule has 0 aromatic rings. The van der Waals surface area contributed by atoms with Crippen LogP contribution in [0, 0.1) is 5.41 Å². The van der Waals surface area contributed by atoms with Gasteiger partial charge in [-0.25, -0.2) is 0 Å². The number of rotatable bonds is 3. The fourth-order valence-electron chi connectivity index (χ4n) is 1.81. The van der Waals surface area contributed by atoms with Crippen LogP contribution >= 0.6 is 0 Å². The zero-order valence-electron chi connectivity index (χ0n) is 10.7. The van der Waals surface area contributed by atoms with Crippen molar-refractivity contribution >= 4 is 0 Å². The fraction of sp³-hybridized carbons (Fsp3) is 1.00. The van der Waals surface area contributed by atoms with Gasteiger partial charge in [0.15, 0.2) is 0 Å². The highest BCUT2D eigenvalue weighted by atomic mass is 16.3. The molecule has 0 aromatic carbocycles. The molecule has 0 bridgehead atoms. The maximum Gasteiger partial charge on any atom is 0.0715 e. The summed E-state index contributed by atoms with van der Waals surface area (Å²) in [7, 11) is 0. The number of aliphatic hydroxyl groups excluding tert-OH is 1. The van der Waals surface area contributed by atoms with Crippen molar-refractivity contribution in [3.63, 3.8) is 0 Å². The molecule has 90 valence electrons.